The minimum Gasteiger partial charge on any atom is -0.464 e. The van der Waals surface area contributed by atoms with Gasteiger partial charge in [-0.15, -0.1) is 0 Å². The number of hydrogen-bond donors (Lipinski definition) is 1. The van der Waals surface area contributed by atoms with E-state index >= 15 is 0 Å². The maximum Gasteiger partial charge on any atom is 0.350 e. The van der Waals surface area contributed by atoms with Gasteiger partial charge in [-0.25, -0.2) is 9.59 Å². The van der Waals surface area contributed by atoms with Gasteiger partial charge in [0.25, 0.3) is 5.79 Å². The maximum absolute atomic E-state index is 11.9. The second-order valence-corrected chi connectivity index (χ2v) is 5.40. The van der Waals surface area contributed by atoms with Crippen molar-refractivity contribution in [2.45, 2.75) is 19.6 Å². The first-order chi connectivity index (χ1) is 11.0. The third kappa shape index (κ3) is 3.11. The fraction of sp³-hybridized carbons (Fsp3) is 0.176. The molecule has 1 aliphatic heterocycles. The largest absolute Gasteiger partial charge is 0.464 e. The standard InChI is InChI=1S/C17H15NO5/c1-17(2)22-15(19)12(16(20)23-17)10-18-13-7-4-3-6-11(13)14-8-5-9-21-14/h3-10,18H,1-2H3. The third-order valence-electron chi connectivity index (χ3n) is 3.20. The van der Waals surface area contributed by atoms with Crippen molar-refractivity contribution in [1.29, 1.82) is 0 Å². The van der Waals surface area contributed by atoms with Crippen LogP contribution in [0, 0.1) is 0 Å². The van der Waals surface area contributed by atoms with E-state index in [0.29, 0.717) is 11.4 Å². The summed E-state index contributed by atoms with van der Waals surface area (Å²) in [4.78, 5) is 23.8. The van der Waals surface area contributed by atoms with Crippen LogP contribution in [0.4, 0.5) is 5.69 Å². The average molecular weight is 313 g/mol. The zero-order valence-electron chi connectivity index (χ0n) is 12.7. The van der Waals surface area contributed by atoms with E-state index in [2.05, 4.69) is 5.32 Å². The maximum atomic E-state index is 11.9. The van der Waals surface area contributed by atoms with Gasteiger partial charge in [0.05, 0.1) is 6.26 Å². The molecule has 3 rings (SSSR count). The van der Waals surface area contributed by atoms with Crippen LogP contribution in [0.2, 0.25) is 0 Å². The van der Waals surface area contributed by atoms with Crippen molar-refractivity contribution in [3.63, 3.8) is 0 Å². The number of carbonyl (C=O) groups is 2. The Hall–Kier alpha value is -3.02. The van der Waals surface area contributed by atoms with E-state index in [1.807, 2.05) is 24.3 Å². The number of cyclic esters (lactones) is 2. The summed E-state index contributed by atoms with van der Waals surface area (Å²) < 4.78 is 15.5. The molecule has 1 aliphatic rings. The Morgan fingerprint density at radius 1 is 1.00 bits per heavy atom. The second-order valence-electron chi connectivity index (χ2n) is 5.40. The Morgan fingerprint density at radius 3 is 2.35 bits per heavy atom. The molecule has 0 unspecified atom stereocenters. The molecule has 0 aliphatic carbocycles. The molecule has 0 saturated carbocycles. The molecule has 2 aromatic rings. The van der Waals surface area contributed by atoms with E-state index in [4.69, 9.17) is 13.9 Å². The van der Waals surface area contributed by atoms with Gasteiger partial charge in [0.2, 0.25) is 0 Å². The second kappa shape index (κ2) is 5.64. The molecule has 0 radical (unpaired) electrons. The van der Waals surface area contributed by atoms with E-state index in [-0.39, 0.29) is 5.57 Å². The number of hydrogen-bond acceptors (Lipinski definition) is 6. The lowest BCUT2D eigenvalue weighted by molar-refractivity contribution is -0.222. The monoisotopic (exact) mass is 313 g/mol. The van der Waals surface area contributed by atoms with Crippen molar-refractivity contribution in [2.24, 2.45) is 0 Å². The van der Waals surface area contributed by atoms with Gasteiger partial charge < -0.3 is 19.2 Å². The Kier molecular flexibility index (Phi) is 3.65. The minimum absolute atomic E-state index is 0.196. The highest BCUT2D eigenvalue weighted by Crippen LogP contribution is 2.29. The van der Waals surface area contributed by atoms with Gasteiger partial charge in [-0.1, -0.05) is 12.1 Å². The molecule has 1 aromatic heterocycles. The normalized spacial score (nSPS) is 16.5. The molecule has 6 nitrogen and oxygen atoms in total. The fourth-order valence-electron chi connectivity index (χ4n) is 2.18. The molecule has 0 spiro atoms. The molecule has 1 aromatic carbocycles. The molecule has 1 N–H and O–H groups in total. The summed E-state index contributed by atoms with van der Waals surface area (Å²) >= 11 is 0. The first-order valence-electron chi connectivity index (χ1n) is 7.02. The number of furan rings is 1. The Balaban J connectivity index is 1.86. The number of carbonyl (C=O) groups excluding carboxylic acids is 2. The molecule has 0 atom stereocenters. The number of esters is 2. The highest BCUT2D eigenvalue weighted by atomic mass is 16.7. The first kappa shape index (κ1) is 14.9. The van der Waals surface area contributed by atoms with Crippen molar-refractivity contribution in [3.8, 4) is 11.3 Å². The van der Waals surface area contributed by atoms with Crippen molar-refractivity contribution < 1.29 is 23.5 Å². The van der Waals surface area contributed by atoms with Crippen LogP contribution in [0.3, 0.4) is 0 Å². The number of ether oxygens (including phenoxy) is 2. The third-order valence-corrected chi connectivity index (χ3v) is 3.20. The van der Waals surface area contributed by atoms with Crippen LogP contribution in [0.25, 0.3) is 11.3 Å². The molecule has 23 heavy (non-hydrogen) atoms. The van der Waals surface area contributed by atoms with Gasteiger partial charge in [0.1, 0.15) is 5.76 Å². The van der Waals surface area contributed by atoms with Crippen LogP contribution < -0.4 is 5.32 Å². The van der Waals surface area contributed by atoms with Gasteiger partial charge in [0, 0.05) is 31.3 Å². The van der Waals surface area contributed by atoms with Gasteiger partial charge >= 0.3 is 11.9 Å². The van der Waals surface area contributed by atoms with Crippen LogP contribution in [0.15, 0.2) is 58.9 Å². The Morgan fingerprint density at radius 2 is 1.70 bits per heavy atom. The number of nitrogens with one attached hydrogen (secondary N) is 1. The Bertz CT molecular complexity index is 752. The van der Waals surface area contributed by atoms with Crippen molar-refractivity contribution in [2.75, 3.05) is 5.32 Å². The summed E-state index contributed by atoms with van der Waals surface area (Å²) in [5.41, 5.74) is 1.28. The lowest BCUT2D eigenvalue weighted by atomic mass is 10.1. The SMILES string of the molecule is CC1(C)OC(=O)C(=CNc2ccccc2-c2ccco2)C(=O)O1. The van der Waals surface area contributed by atoms with Crippen molar-refractivity contribution >= 4 is 17.6 Å². The van der Waals surface area contributed by atoms with Crippen molar-refractivity contribution in [3.05, 3.63) is 54.4 Å². The molecule has 0 amide bonds. The number of para-hydroxylation sites is 1. The lowest BCUT2D eigenvalue weighted by Crippen LogP contribution is -2.42. The van der Waals surface area contributed by atoms with Crippen LogP contribution in [0.1, 0.15) is 13.8 Å². The summed E-state index contributed by atoms with van der Waals surface area (Å²) in [5, 5.41) is 2.94. The summed E-state index contributed by atoms with van der Waals surface area (Å²) in [5.74, 6) is -2.04. The lowest BCUT2D eigenvalue weighted by Gasteiger charge is -2.29. The number of benzene rings is 1. The summed E-state index contributed by atoms with van der Waals surface area (Å²) in [7, 11) is 0. The van der Waals surface area contributed by atoms with E-state index in [1.165, 1.54) is 20.0 Å². The molecule has 118 valence electrons. The predicted molar refractivity (Wildman–Crippen MR) is 82.1 cm³/mol. The minimum atomic E-state index is -1.25. The van der Waals surface area contributed by atoms with Crippen LogP contribution in [-0.2, 0) is 19.1 Å². The van der Waals surface area contributed by atoms with E-state index in [9.17, 15) is 9.59 Å². The molecule has 0 bridgehead atoms. The quantitative estimate of drug-likeness (QED) is 0.533. The highest BCUT2D eigenvalue weighted by Gasteiger charge is 2.38. The van der Waals surface area contributed by atoms with Crippen LogP contribution >= 0.6 is 0 Å². The molecular weight excluding hydrogens is 298 g/mol. The molecule has 2 heterocycles. The van der Waals surface area contributed by atoms with E-state index < -0.39 is 17.7 Å². The predicted octanol–water partition coefficient (Wildman–Crippen LogP) is 3.08. The number of anilines is 1. The van der Waals surface area contributed by atoms with Gasteiger partial charge in [-0.05, 0) is 24.3 Å². The van der Waals surface area contributed by atoms with E-state index in [1.54, 1.807) is 18.4 Å². The average Bonchev–Trinajstić information content (AvgIpc) is 2.99. The first-order valence-corrected chi connectivity index (χ1v) is 7.02. The van der Waals surface area contributed by atoms with Crippen molar-refractivity contribution in [1.82, 2.24) is 0 Å². The smallest absolute Gasteiger partial charge is 0.350 e. The molecule has 1 saturated heterocycles. The topological polar surface area (TPSA) is 77.8 Å². The Labute approximate surface area is 132 Å². The molecule has 6 heteroatoms. The summed E-state index contributed by atoms with van der Waals surface area (Å²) in [6.07, 6.45) is 2.85. The van der Waals surface area contributed by atoms with Gasteiger partial charge in [0.15, 0.2) is 5.57 Å². The highest BCUT2D eigenvalue weighted by molar-refractivity contribution is 6.15. The van der Waals surface area contributed by atoms with Crippen LogP contribution in [0.5, 0.6) is 0 Å². The van der Waals surface area contributed by atoms with Crippen LogP contribution in [-0.4, -0.2) is 17.7 Å². The van der Waals surface area contributed by atoms with E-state index in [0.717, 1.165) is 5.56 Å². The number of rotatable bonds is 3. The molecular formula is C17H15NO5. The summed E-state index contributed by atoms with van der Waals surface area (Å²) in [6.45, 7) is 3.00. The zero-order valence-corrected chi connectivity index (χ0v) is 12.7. The molecule has 1 fully saturated rings. The summed E-state index contributed by atoms with van der Waals surface area (Å²) in [6, 6.07) is 11.0. The zero-order chi connectivity index (χ0) is 16.4. The van der Waals surface area contributed by atoms with Gasteiger partial charge in [-0.2, -0.15) is 0 Å². The van der Waals surface area contributed by atoms with Gasteiger partial charge in [-0.3, -0.25) is 0 Å². The fourth-order valence-corrected chi connectivity index (χ4v) is 2.18.